The minimum absolute atomic E-state index is 0.0400. The van der Waals surface area contributed by atoms with E-state index in [0.717, 1.165) is 24.2 Å². The first-order chi connectivity index (χ1) is 6.70. The molecule has 0 aliphatic carbocycles. The maximum atomic E-state index is 13.7. The lowest BCUT2D eigenvalue weighted by Crippen LogP contribution is -3.10. The summed E-state index contributed by atoms with van der Waals surface area (Å²) in [6.45, 7) is 1.90. The summed E-state index contributed by atoms with van der Waals surface area (Å²) >= 11 is 0. The summed E-state index contributed by atoms with van der Waals surface area (Å²) in [4.78, 5) is 1.30. The number of fused-ring (bicyclic) bond motifs is 1. The number of quaternary nitrogens is 2. The van der Waals surface area contributed by atoms with Crippen molar-refractivity contribution < 1.29 is 14.6 Å². The highest BCUT2D eigenvalue weighted by atomic mass is 19.1. The molecule has 0 unspecified atom stereocenters. The third-order valence-electron chi connectivity index (χ3n) is 2.96. The minimum Gasteiger partial charge on any atom is -0.337 e. The maximum absolute atomic E-state index is 13.7. The molecule has 2 rings (SSSR count). The van der Waals surface area contributed by atoms with Crippen molar-refractivity contribution in [1.29, 1.82) is 0 Å². The number of nitrogens with one attached hydrogen (secondary N) is 1. The second kappa shape index (κ2) is 3.67. The van der Waals surface area contributed by atoms with Crippen LogP contribution < -0.4 is 10.2 Å². The summed E-state index contributed by atoms with van der Waals surface area (Å²) in [5, 5.41) is 2.25. The Morgan fingerprint density at radius 2 is 2.21 bits per heavy atom. The van der Waals surface area contributed by atoms with E-state index in [1.54, 1.807) is 12.1 Å². The number of halogens is 1. The standard InChI is InChI=1S/C11H15FN2/c1-14(2)10-7-13-6-8-4-3-5-9(12)11(8)10/h3-5,10,13H,6-7H2,1-2H3/p+2/t10-/m0/s1. The summed E-state index contributed by atoms with van der Waals surface area (Å²) < 4.78 is 13.7. The Morgan fingerprint density at radius 1 is 1.43 bits per heavy atom. The highest BCUT2D eigenvalue weighted by molar-refractivity contribution is 5.30. The fourth-order valence-electron chi connectivity index (χ4n) is 2.20. The first-order valence-corrected chi connectivity index (χ1v) is 5.09. The number of likely N-dealkylation sites (N-methyl/N-ethyl adjacent to an activating group) is 1. The summed E-state index contributed by atoms with van der Waals surface area (Å²) in [7, 11) is 4.17. The van der Waals surface area contributed by atoms with E-state index in [4.69, 9.17) is 0 Å². The molecule has 76 valence electrons. The van der Waals surface area contributed by atoms with Gasteiger partial charge in [0.15, 0.2) is 6.04 Å². The third-order valence-corrected chi connectivity index (χ3v) is 2.96. The van der Waals surface area contributed by atoms with Crippen LogP contribution in [0.4, 0.5) is 4.39 Å². The van der Waals surface area contributed by atoms with Crippen LogP contribution in [0.3, 0.4) is 0 Å². The van der Waals surface area contributed by atoms with E-state index in [9.17, 15) is 4.39 Å². The average Bonchev–Trinajstić information content (AvgIpc) is 2.17. The van der Waals surface area contributed by atoms with E-state index in [2.05, 4.69) is 19.4 Å². The average molecular weight is 196 g/mol. The van der Waals surface area contributed by atoms with Crippen molar-refractivity contribution >= 4 is 0 Å². The van der Waals surface area contributed by atoms with Crippen molar-refractivity contribution in [2.24, 2.45) is 0 Å². The van der Waals surface area contributed by atoms with Gasteiger partial charge in [-0.2, -0.15) is 0 Å². The van der Waals surface area contributed by atoms with Gasteiger partial charge in [-0.15, -0.1) is 0 Å². The summed E-state index contributed by atoms with van der Waals surface area (Å²) in [5.74, 6) is -0.0400. The van der Waals surface area contributed by atoms with Gasteiger partial charge in [0.2, 0.25) is 0 Å². The van der Waals surface area contributed by atoms with Gasteiger partial charge in [-0.25, -0.2) is 4.39 Å². The second-order valence-electron chi connectivity index (χ2n) is 4.17. The number of rotatable bonds is 1. The predicted molar refractivity (Wildman–Crippen MR) is 52.4 cm³/mol. The van der Waals surface area contributed by atoms with Crippen LogP contribution in [-0.4, -0.2) is 20.6 Å². The maximum Gasteiger partial charge on any atom is 0.165 e. The Hall–Kier alpha value is -0.930. The molecule has 0 radical (unpaired) electrons. The molecule has 3 N–H and O–H groups in total. The van der Waals surface area contributed by atoms with Crippen molar-refractivity contribution in [3.63, 3.8) is 0 Å². The van der Waals surface area contributed by atoms with Crippen LogP contribution in [0.25, 0.3) is 0 Å². The third kappa shape index (κ3) is 1.53. The molecule has 14 heavy (non-hydrogen) atoms. The second-order valence-corrected chi connectivity index (χ2v) is 4.17. The fraction of sp³-hybridized carbons (Fsp3) is 0.455. The molecule has 1 aromatic rings. The largest absolute Gasteiger partial charge is 0.337 e. The van der Waals surface area contributed by atoms with Gasteiger partial charge in [0, 0.05) is 5.56 Å². The summed E-state index contributed by atoms with van der Waals surface area (Å²) in [6.07, 6.45) is 0. The van der Waals surface area contributed by atoms with Crippen LogP contribution in [0.5, 0.6) is 0 Å². The van der Waals surface area contributed by atoms with Crippen molar-refractivity contribution in [2.75, 3.05) is 20.6 Å². The van der Waals surface area contributed by atoms with Crippen molar-refractivity contribution in [3.8, 4) is 0 Å². The predicted octanol–water partition coefficient (Wildman–Crippen LogP) is -0.912. The molecule has 0 amide bonds. The van der Waals surface area contributed by atoms with E-state index in [1.807, 2.05) is 6.07 Å². The lowest BCUT2D eigenvalue weighted by Gasteiger charge is -2.26. The monoisotopic (exact) mass is 196 g/mol. The Balaban J connectivity index is 2.47. The van der Waals surface area contributed by atoms with Crippen LogP contribution in [-0.2, 0) is 6.54 Å². The first kappa shape index (κ1) is 9.62. The van der Waals surface area contributed by atoms with Gasteiger partial charge in [0.1, 0.15) is 18.9 Å². The van der Waals surface area contributed by atoms with E-state index < -0.39 is 0 Å². The lowest BCUT2D eigenvalue weighted by molar-refractivity contribution is -0.913. The molecule has 0 aromatic heterocycles. The quantitative estimate of drug-likeness (QED) is 0.580. The van der Waals surface area contributed by atoms with Crippen LogP contribution in [0.2, 0.25) is 0 Å². The molecule has 1 aliphatic heterocycles. The van der Waals surface area contributed by atoms with Gasteiger partial charge in [-0.05, 0) is 6.07 Å². The lowest BCUT2D eigenvalue weighted by atomic mass is 9.95. The van der Waals surface area contributed by atoms with Crippen LogP contribution in [0.1, 0.15) is 17.2 Å². The molecule has 2 nitrogen and oxygen atoms in total. The molecule has 1 atom stereocenters. The molecule has 3 heteroatoms. The number of hydrogen-bond acceptors (Lipinski definition) is 0. The fourth-order valence-corrected chi connectivity index (χ4v) is 2.20. The Bertz CT molecular complexity index is 336. The van der Waals surface area contributed by atoms with Gasteiger partial charge in [0.05, 0.1) is 19.7 Å². The number of nitrogens with two attached hydrogens (primary N) is 1. The Kier molecular flexibility index (Phi) is 2.52. The normalized spacial score (nSPS) is 21.0. The van der Waals surface area contributed by atoms with Gasteiger partial charge in [0.25, 0.3) is 0 Å². The SMILES string of the molecule is C[NH+](C)[C@H]1C[NH2+]Cc2cccc(F)c21. The molecule has 1 aromatic carbocycles. The van der Waals surface area contributed by atoms with Crippen molar-refractivity contribution in [1.82, 2.24) is 0 Å². The first-order valence-electron chi connectivity index (χ1n) is 5.09. The van der Waals surface area contributed by atoms with Gasteiger partial charge in [-0.3, -0.25) is 0 Å². The van der Waals surface area contributed by atoms with Gasteiger partial charge >= 0.3 is 0 Å². The van der Waals surface area contributed by atoms with Crippen LogP contribution >= 0.6 is 0 Å². The van der Waals surface area contributed by atoms with Crippen molar-refractivity contribution in [2.45, 2.75) is 12.6 Å². The van der Waals surface area contributed by atoms with Crippen LogP contribution in [0.15, 0.2) is 18.2 Å². The molecule has 0 spiro atoms. The molecule has 1 aliphatic rings. The molecule has 0 fully saturated rings. The molecule has 1 heterocycles. The summed E-state index contributed by atoms with van der Waals surface area (Å²) in [6, 6.07) is 5.69. The Labute approximate surface area is 83.7 Å². The van der Waals surface area contributed by atoms with Crippen LogP contribution in [0, 0.1) is 5.82 Å². The zero-order chi connectivity index (χ0) is 10.1. The van der Waals surface area contributed by atoms with E-state index in [-0.39, 0.29) is 5.82 Å². The number of hydrogen-bond donors (Lipinski definition) is 2. The Morgan fingerprint density at radius 3 is 2.93 bits per heavy atom. The molecule has 0 bridgehead atoms. The van der Waals surface area contributed by atoms with E-state index in [1.165, 1.54) is 4.90 Å². The molecular formula is C11H17FN2+2. The topological polar surface area (TPSA) is 21.1 Å². The molecule has 0 saturated heterocycles. The van der Waals surface area contributed by atoms with E-state index in [0.29, 0.717) is 6.04 Å². The number of benzene rings is 1. The summed E-state index contributed by atoms with van der Waals surface area (Å²) in [5.41, 5.74) is 2.08. The highest BCUT2D eigenvalue weighted by Crippen LogP contribution is 2.20. The molecule has 0 saturated carbocycles. The molecular weight excluding hydrogens is 179 g/mol. The van der Waals surface area contributed by atoms with E-state index >= 15 is 0 Å². The highest BCUT2D eigenvalue weighted by Gasteiger charge is 2.30. The minimum atomic E-state index is -0.0400. The van der Waals surface area contributed by atoms with Gasteiger partial charge < -0.3 is 10.2 Å². The zero-order valence-electron chi connectivity index (χ0n) is 8.68. The van der Waals surface area contributed by atoms with Crippen molar-refractivity contribution in [3.05, 3.63) is 35.1 Å². The smallest absolute Gasteiger partial charge is 0.165 e. The zero-order valence-corrected chi connectivity index (χ0v) is 8.68. The van der Waals surface area contributed by atoms with Gasteiger partial charge in [-0.1, -0.05) is 12.1 Å².